The number of nitrogens with zero attached hydrogens (tertiary/aromatic N) is 2. The average Bonchev–Trinajstić information content (AvgIpc) is 3.12. The number of carbonyl (C=O) groups is 1. The first kappa shape index (κ1) is 16.1. The van der Waals surface area contributed by atoms with Crippen molar-refractivity contribution in [3.05, 3.63) is 71.8 Å². The minimum absolute atomic E-state index is 0.124. The van der Waals surface area contributed by atoms with E-state index in [4.69, 9.17) is 4.74 Å². The fourth-order valence-electron chi connectivity index (χ4n) is 3.21. The van der Waals surface area contributed by atoms with Crippen molar-refractivity contribution in [1.29, 1.82) is 5.26 Å². The Kier molecular flexibility index (Phi) is 5.12. The van der Waals surface area contributed by atoms with Crippen molar-refractivity contribution in [2.24, 2.45) is 0 Å². The molecule has 1 saturated heterocycles. The van der Waals surface area contributed by atoms with Crippen LogP contribution in [0.5, 0.6) is 0 Å². The Hall–Kier alpha value is -2.80. The van der Waals surface area contributed by atoms with Crippen molar-refractivity contribution in [1.82, 2.24) is 4.90 Å². The van der Waals surface area contributed by atoms with Crippen LogP contribution >= 0.6 is 0 Å². The highest BCUT2D eigenvalue weighted by Gasteiger charge is 2.36. The molecule has 1 aliphatic heterocycles. The Labute approximate surface area is 142 Å². The number of rotatable bonds is 4. The Morgan fingerprint density at radius 3 is 2.50 bits per heavy atom. The van der Waals surface area contributed by atoms with Gasteiger partial charge in [0.25, 0.3) is 0 Å². The van der Waals surface area contributed by atoms with Gasteiger partial charge in [-0.15, -0.1) is 0 Å². The van der Waals surface area contributed by atoms with E-state index in [1.54, 1.807) is 4.90 Å². The number of ether oxygens (including phenoxy) is 1. The summed E-state index contributed by atoms with van der Waals surface area (Å²) in [6, 6.07) is 21.5. The van der Waals surface area contributed by atoms with Crippen LogP contribution in [0.25, 0.3) is 0 Å². The van der Waals surface area contributed by atoms with E-state index in [1.165, 1.54) is 0 Å². The molecule has 0 aliphatic carbocycles. The Balaban J connectivity index is 1.68. The van der Waals surface area contributed by atoms with Gasteiger partial charge in [-0.1, -0.05) is 60.7 Å². The quantitative estimate of drug-likeness (QED) is 0.852. The summed E-state index contributed by atoms with van der Waals surface area (Å²) in [5.41, 5.74) is 1.91. The molecule has 2 aromatic rings. The molecule has 122 valence electrons. The highest BCUT2D eigenvalue weighted by atomic mass is 16.6. The zero-order valence-corrected chi connectivity index (χ0v) is 13.5. The number of hydrogen-bond donors (Lipinski definition) is 0. The average molecular weight is 320 g/mol. The van der Waals surface area contributed by atoms with Gasteiger partial charge in [0.05, 0.1) is 18.0 Å². The lowest BCUT2D eigenvalue weighted by Gasteiger charge is -2.27. The molecule has 4 heteroatoms. The first-order valence-corrected chi connectivity index (χ1v) is 8.21. The van der Waals surface area contributed by atoms with E-state index in [1.807, 2.05) is 60.7 Å². The molecule has 1 amide bonds. The first-order valence-electron chi connectivity index (χ1n) is 8.21. The zero-order valence-electron chi connectivity index (χ0n) is 13.5. The molecule has 2 unspecified atom stereocenters. The van der Waals surface area contributed by atoms with Crippen LogP contribution in [0.4, 0.5) is 4.79 Å². The first-order chi connectivity index (χ1) is 11.8. The third-order valence-corrected chi connectivity index (χ3v) is 4.42. The molecule has 2 atom stereocenters. The van der Waals surface area contributed by atoms with Crippen molar-refractivity contribution < 1.29 is 9.53 Å². The summed E-state index contributed by atoms with van der Waals surface area (Å²) in [6.07, 6.45) is 1.39. The Bertz CT molecular complexity index is 709. The van der Waals surface area contributed by atoms with Crippen molar-refractivity contribution in [3.63, 3.8) is 0 Å². The van der Waals surface area contributed by atoms with Gasteiger partial charge in [0, 0.05) is 6.54 Å². The van der Waals surface area contributed by atoms with Crippen molar-refractivity contribution >= 4 is 6.09 Å². The van der Waals surface area contributed by atoms with Crippen LogP contribution < -0.4 is 0 Å². The monoisotopic (exact) mass is 320 g/mol. The zero-order chi connectivity index (χ0) is 16.8. The largest absolute Gasteiger partial charge is 0.445 e. The highest BCUT2D eigenvalue weighted by molar-refractivity contribution is 5.68. The number of nitriles is 1. The predicted octanol–water partition coefficient (Wildman–Crippen LogP) is 4.09. The van der Waals surface area contributed by atoms with Crippen LogP contribution in [0.15, 0.2) is 60.7 Å². The van der Waals surface area contributed by atoms with Gasteiger partial charge in [-0.05, 0) is 24.0 Å². The fourth-order valence-corrected chi connectivity index (χ4v) is 3.21. The highest BCUT2D eigenvalue weighted by Crippen LogP contribution is 2.31. The summed E-state index contributed by atoms with van der Waals surface area (Å²) >= 11 is 0. The summed E-state index contributed by atoms with van der Waals surface area (Å²) in [4.78, 5) is 14.2. The minimum Gasteiger partial charge on any atom is -0.445 e. The normalized spacial score (nSPS) is 18.0. The lowest BCUT2D eigenvalue weighted by molar-refractivity contribution is 0.0904. The summed E-state index contributed by atoms with van der Waals surface area (Å²) in [5, 5.41) is 9.62. The van der Waals surface area contributed by atoms with Gasteiger partial charge in [0.15, 0.2) is 0 Å². The molecule has 0 N–H and O–H groups in total. The van der Waals surface area contributed by atoms with Gasteiger partial charge < -0.3 is 9.64 Å². The molecule has 0 bridgehead atoms. The summed E-state index contributed by atoms with van der Waals surface area (Å²) in [5.74, 6) is -0.321. The fraction of sp³-hybridized carbons (Fsp3) is 0.300. The van der Waals surface area contributed by atoms with E-state index < -0.39 is 0 Å². The van der Waals surface area contributed by atoms with Crippen LogP contribution in [0, 0.1) is 11.3 Å². The van der Waals surface area contributed by atoms with E-state index in [2.05, 4.69) is 6.07 Å². The molecule has 24 heavy (non-hydrogen) atoms. The van der Waals surface area contributed by atoms with Crippen molar-refractivity contribution in [2.75, 3.05) is 6.54 Å². The molecule has 0 spiro atoms. The molecule has 4 nitrogen and oxygen atoms in total. The number of benzene rings is 2. The molecular weight excluding hydrogens is 300 g/mol. The predicted molar refractivity (Wildman–Crippen MR) is 91.2 cm³/mol. The van der Waals surface area contributed by atoms with E-state index in [9.17, 15) is 10.1 Å². The van der Waals surface area contributed by atoms with Gasteiger partial charge in [0.2, 0.25) is 0 Å². The molecule has 0 radical (unpaired) electrons. The molecule has 0 saturated carbocycles. The number of hydrogen-bond acceptors (Lipinski definition) is 3. The minimum atomic E-state index is -0.336. The van der Waals surface area contributed by atoms with Gasteiger partial charge in [0.1, 0.15) is 6.61 Å². The summed E-state index contributed by atoms with van der Waals surface area (Å²) in [6.45, 7) is 0.898. The second-order valence-corrected chi connectivity index (χ2v) is 5.96. The third kappa shape index (κ3) is 3.57. The standard InChI is InChI=1S/C20H20N2O2/c21-14-18(17-10-5-2-6-11-17)19-12-7-13-22(19)20(23)24-15-16-8-3-1-4-9-16/h1-6,8-11,18-19H,7,12-13,15H2. The van der Waals surface area contributed by atoms with Crippen molar-refractivity contribution in [3.8, 4) is 6.07 Å². The second kappa shape index (κ2) is 7.65. The van der Waals surface area contributed by atoms with Crippen molar-refractivity contribution in [2.45, 2.75) is 31.4 Å². The molecule has 2 aromatic carbocycles. The van der Waals surface area contributed by atoms with E-state index in [-0.39, 0.29) is 24.7 Å². The van der Waals surface area contributed by atoms with Gasteiger partial charge >= 0.3 is 6.09 Å². The molecular formula is C20H20N2O2. The van der Waals surface area contributed by atoms with E-state index >= 15 is 0 Å². The number of likely N-dealkylation sites (tertiary alicyclic amines) is 1. The Morgan fingerprint density at radius 2 is 1.83 bits per heavy atom. The van der Waals surface area contributed by atoms with Crippen LogP contribution in [0.3, 0.4) is 0 Å². The van der Waals surface area contributed by atoms with Crippen LogP contribution in [0.2, 0.25) is 0 Å². The second-order valence-electron chi connectivity index (χ2n) is 5.96. The van der Waals surface area contributed by atoms with E-state index in [0.29, 0.717) is 6.54 Å². The molecule has 1 heterocycles. The topological polar surface area (TPSA) is 53.3 Å². The lowest BCUT2D eigenvalue weighted by Crippen LogP contribution is -2.39. The SMILES string of the molecule is N#CC(c1ccccc1)C1CCCN1C(=O)OCc1ccccc1. The smallest absolute Gasteiger partial charge is 0.410 e. The molecule has 0 aromatic heterocycles. The number of carbonyl (C=O) groups excluding carboxylic acids is 1. The molecule has 1 aliphatic rings. The van der Waals surface area contributed by atoms with E-state index in [0.717, 1.165) is 24.0 Å². The summed E-state index contributed by atoms with van der Waals surface area (Å²) < 4.78 is 5.45. The maximum Gasteiger partial charge on any atom is 0.410 e. The summed E-state index contributed by atoms with van der Waals surface area (Å²) in [7, 11) is 0. The Morgan fingerprint density at radius 1 is 1.17 bits per heavy atom. The van der Waals surface area contributed by atoms with Gasteiger partial charge in [-0.3, -0.25) is 0 Å². The van der Waals surface area contributed by atoms with Gasteiger partial charge in [-0.2, -0.15) is 5.26 Å². The molecule has 1 fully saturated rings. The van der Waals surface area contributed by atoms with Crippen LogP contribution in [-0.2, 0) is 11.3 Å². The molecule has 3 rings (SSSR count). The third-order valence-electron chi connectivity index (χ3n) is 4.42. The lowest BCUT2D eigenvalue weighted by atomic mass is 9.91. The van der Waals surface area contributed by atoms with Crippen LogP contribution in [-0.4, -0.2) is 23.6 Å². The maximum atomic E-state index is 12.5. The van der Waals surface area contributed by atoms with Gasteiger partial charge in [-0.25, -0.2) is 4.79 Å². The maximum absolute atomic E-state index is 12.5. The van der Waals surface area contributed by atoms with Crippen LogP contribution in [0.1, 0.15) is 29.9 Å². The number of amides is 1.